The molecule has 1 aromatic rings. The van der Waals surface area contributed by atoms with E-state index >= 15 is 0 Å². The number of aryl methyl sites for hydroxylation is 1. The maximum absolute atomic E-state index is 11.7. The lowest BCUT2D eigenvalue weighted by Crippen LogP contribution is -2.39. The van der Waals surface area contributed by atoms with Crippen LogP contribution >= 0.6 is 0 Å². The first-order valence-electron chi connectivity index (χ1n) is 7.06. The van der Waals surface area contributed by atoms with Crippen molar-refractivity contribution in [3.8, 4) is 0 Å². The van der Waals surface area contributed by atoms with E-state index in [1.807, 2.05) is 0 Å². The summed E-state index contributed by atoms with van der Waals surface area (Å²) < 4.78 is 55.0. The maximum Gasteiger partial charge on any atom is 0.490 e. The van der Waals surface area contributed by atoms with Crippen LogP contribution in [0.15, 0.2) is 18.5 Å². The van der Waals surface area contributed by atoms with E-state index in [0.717, 1.165) is 6.26 Å². The molecule has 0 radical (unpaired) electrons. The molecule has 0 aliphatic rings. The Hall–Kier alpha value is -2.77. The number of hydrogen-bond acceptors (Lipinski definition) is 6. The van der Waals surface area contributed by atoms with Gasteiger partial charge < -0.3 is 15.5 Å². The van der Waals surface area contributed by atoms with E-state index in [4.69, 9.17) is 15.0 Å². The minimum absolute atomic E-state index is 0.0333. The lowest BCUT2D eigenvalue weighted by atomic mass is 10.3. The number of amides is 1. The van der Waals surface area contributed by atoms with E-state index < -0.39 is 33.9 Å². The Morgan fingerprint density at radius 1 is 1.26 bits per heavy atom. The van der Waals surface area contributed by atoms with Gasteiger partial charge in [-0.25, -0.2) is 13.2 Å². The smallest absolute Gasteiger partial charge is 0.481 e. The summed E-state index contributed by atoms with van der Waals surface area (Å²) >= 11 is 0. The summed E-state index contributed by atoms with van der Waals surface area (Å²) in [6.07, 6.45) is -1.25. The van der Waals surface area contributed by atoms with Crippen LogP contribution in [0.2, 0.25) is 0 Å². The van der Waals surface area contributed by atoms with E-state index in [0.29, 0.717) is 0 Å². The Morgan fingerprint density at radius 2 is 1.81 bits per heavy atom. The zero-order valence-electron chi connectivity index (χ0n) is 13.9. The summed E-state index contributed by atoms with van der Waals surface area (Å²) in [5, 5.41) is 22.0. The second-order valence-electron chi connectivity index (χ2n) is 5.01. The maximum atomic E-state index is 11.7. The Balaban J connectivity index is 0.000000821. The fourth-order valence-electron chi connectivity index (χ4n) is 1.31. The van der Waals surface area contributed by atoms with Gasteiger partial charge in [0.1, 0.15) is 22.5 Å². The SMILES string of the molecule is CS(=O)(=O)CCNC(=O)c1cc[n+](CCC(=O)O)nc1.O=C(O)C(F)(F)F. The summed E-state index contributed by atoms with van der Waals surface area (Å²) in [7, 11) is -3.11. The summed E-state index contributed by atoms with van der Waals surface area (Å²) in [5.74, 6) is -4.24. The van der Waals surface area contributed by atoms with Gasteiger partial charge >= 0.3 is 18.1 Å². The quantitative estimate of drug-likeness (QED) is 0.491. The average Bonchev–Trinajstić information content (AvgIpc) is 2.51. The number of nitrogens with one attached hydrogen (secondary N) is 1. The summed E-state index contributed by atoms with van der Waals surface area (Å²) in [6.45, 7) is 0.247. The highest BCUT2D eigenvalue weighted by molar-refractivity contribution is 7.90. The van der Waals surface area contributed by atoms with E-state index in [2.05, 4.69) is 10.4 Å². The predicted molar refractivity (Wildman–Crippen MR) is 82.4 cm³/mol. The molecule has 0 unspecified atom stereocenters. The zero-order chi connectivity index (χ0) is 21.3. The number of carboxylic acids is 2. The first-order valence-corrected chi connectivity index (χ1v) is 9.12. The number of hydrogen-bond donors (Lipinski definition) is 3. The minimum Gasteiger partial charge on any atom is -0.481 e. The number of nitrogens with zero attached hydrogens (tertiary/aromatic N) is 2. The third-order valence-corrected chi connectivity index (χ3v) is 3.53. The van der Waals surface area contributed by atoms with Crippen molar-refractivity contribution in [2.75, 3.05) is 18.6 Å². The molecule has 10 nitrogen and oxygen atoms in total. The average molecular weight is 416 g/mol. The van der Waals surface area contributed by atoms with Crippen molar-refractivity contribution in [2.45, 2.75) is 19.1 Å². The topological polar surface area (TPSA) is 155 Å². The molecule has 0 aliphatic heterocycles. The van der Waals surface area contributed by atoms with Crippen molar-refractivity contribution in [2.24, 2.45) is 0 Å². The van der Waals surface area contributed by atoms with Crippen molar-refractivity contribution in [1.29, 1.82) is 0 Å². The van der Waals surface area contributed by atoms with Crippen LogP contribution < -0.4 is 10.00 Å². The number of rotatable bonds is 7. The highest BCUT2D eigenvalue weighted by Gasteiger charge is 2.38. The fraction of sp³-hybridized carbons (Fsp3) is 0.462. The third-order valence-electron chi connectivity index (χ3n) is 2.59. The summed E-state index contributed by atoms with van der Waals surface area (Å²) in [5.41, 5.74) is 0.282. The van der Waals surface area contributed by atoms with Gasteiger partial charge in [0.15, 0.2) is 12.7 Å². The molecule has 0 saturated carbocycles. The van der Waals surface area contributed by atoms with Gasteiger partial charge in [-0.3, -0.25) is 9.59 Å². The van der Waals surface area contributed by atoms with Gasteiger partial charge in [-0.1, -0.05) is 4.68 Å². The number of sulfone groups is 1. The molecule has 1 amide bonds. The second kappa shape index (κ2) is 10.4. The van der Waals surface area contributed by atoms with E-state index in [1.165, 1.54) is 23.1 Å². The Kier molecular flexibility index (Phi) is 9.33. The molecule has 0 fully saturated rings. The molecule has 0 bridgehead atoms. The third kappa shape index (κ3) is 12.3. The number of aromatic nitrogens is 2. The second-order valence-corrected chi connectivity index (χ2v) is 7.27. The van der Waals surface area contributed by atoms with E-state index in [9.17, 15) is 31.2 Å². The van der Waals surface area contributed by atoms with E-state index in [1.54, 1.807) is 0 Å². The number of carbonyl (C=O) groups is 3. The van der Waals surface area contributed by atoms with Crippen molar-refractivity contribution in [3.63, 3.8) is 0 Å². The monoisotopic (exact) mass is 416 g/mol. The van der Waals surface area contributed by atoms with Crippen molar-refractivity contribution < 1.29 is 50.9 Å². The lowest BCUT2D eigenvalue weighted by Gasteiger charge is -2.03. The molecule has 0 aliphatic carbocycles. The molecule has 0 aromatic carbocycles. The Labute approximate surface area is 151 Å². The van der Waals surface area contributed by atoms with Crippen LogP contribution in [0.5, 0.6) is 0 Å². The Morgan fingerprint density at radius 3 is 2.19 bits per heavy atom. The first-order chi connectivity index (χ1) is 12.2. The number of carboxylic acid groups (broad SMARTS) is 2. The molecule has 14 heteroatoms. The zero-order valence-corrected chi connectivity index (χ0v) is 14.7. The molecule has 0 saturated heterocycles. The molecule has 0 spiro atoms. The van der Waals surface area contributed by atoms with Crippen molar-refractivity contribution in [3.05, 3.63) is 24.0 Å². The molecule has 1 rings (SSSR count). The van der Waals surface area contributed by atoms with Crippen LogP contribution in [0.25, 0.3) is 0 Å². The fourth-order valence-corrected chi connectivity index (χ4v) is 1.79. The highest BCUT2D eigenvalue weighted by atomic mass is 32.2. The van der Waals surface area contributed by atoms with Crippen LogP contribution in [0.1, 0.15) is 16.8 Å². The van der Waals surface area contributed by atoms with Gasteiger partial charge in [0.05, 0.1) is 11.3 Å². The predicted octanol–water partition coefficient (Wildman–Crippen LogP) is -0.748. The number of carbonyl (C=O) groups excluding carboxylic acids is 1. The molecule has 0 atom stereocenters. The van der Waals surface area contributed by atoms with Gasteiger partial charge in [0.25, 0.3) is 5.91 Å². The minimum atomic E-state index is -5.08. The number of halogens is 3. The lowest BCUT2D eigenvalue weighted by molar-refractivity contribution is -0.753. The largest absolute Gasteiger partial charge is 0.490 e. The van der Waals surface area contributed by atoms with Crippen LogP contribution in [0, 0.1) is 0 Å². The Bertz CT molecular complexity index is 764. The molecular weight excluding hydrogens is 399 g/mol. The van der Waals surface area contributed by atoms with Crippen LogP contribution in [0.4, 0.5) is 13.2 Å². The number of aliphatic carboxylic acids is 2. The standard InChI is InChI=1S/C11H15N3O5S.C2HF3O2/c1-20(18,19)7-4-12-11(17)9-2-5-14(13-8-9)6-3-10(15)16;3-2(4,5)1(6)7/h2,5,8H,3-4,6-7H2,1H3,(H-,12,15,16,17);(H,6,7)/p+1. The van der Waals surface area contributed by atoms with Gasteiger partial charge in [-0.05, 0) is 5.10 Å². The van der Waals surface area contributed by atoms with Crippen LogP contribution in [-0.2, 0) is 26.0 Å². The van der Waals surface area contributed by atoms with E-state index in [-0.39, 0.29) is 30.8 Å². The van der Waals surface area contributed by atoms with Crippen LogP contribution in [0.3, 0.4) is 0 Å². The number of alkyl halides is 3. The molecular formula is C13H17F3N3O7S+. The normalized spacial score (nSPS) is 11.1. The highest BCUT2D eigenvalue weighted by Crippen LogP contribution is 2.13. The summed E-state index contributed by atoms with van der Waals surface area (Å²) in [4.78, 5) is 30.9. The van der Waals surface area contributed by atoms with Gasteiger partial charge in [0, 0.05) is 18.9 Å². The molecule has 1 heterocycles. The summed E-state index contributed by atoms with van der Waals surface area (Å²) in [6, 6.07) is 1.49. The van der Waals surface area contributed by atoms with Crippen molar-refractivity contribution >= 4 is 27.7 Å². The molecule has 27 heavy (non-hydrogen) atoms. The molecule has 152 valence electrons. The van der Waals surface area contributed by atoms with Gasteiger partial charge in [-0.2, -0.15) is 13.2 Å². The molecule has 1 aromatic heterocycles. The van der Waals surface area contributed by atoms with Gasteiger partial charge in [0.2, 0.25) is 0 Å². The van der Waals surface area contributed by atoms with Crippen LogP contribution in [-0.4, -0.2) is 66.3 Å². The molecule has 3 N–H and O–H groups in total. The van der Waals surface area contributed by atoms with Crippen molar-refractivity contribution in [1.82, 2.24) is 10.4 Å². The first kappa shape index (κ1) is 24.2. The van der Waals surface area contributed by atoms with Gasteiger partial charge in [-0.15, -0.1) is 0 Å².